The number of alkyl halides is 1. The van der Waals surface area contributed by atoms with Crippen LogP contribution in [0.5, 0.6) is 0 Å². The monoisotopic (exact) mass is 194 g/mol. The minimum atomic E-state index is -0.935. The van der Waals surface area contributed by atoms with Gasteiger partial charge >= 0.3 is 5.97 Å². The van der Waals surface area contributed by atoms with Gasteiger partial charge in [-0.05, 0) is 6.92 Å². The van der Waals surface area contributed by atoms with Gasteiger partial charge in [0.25, 0.3) is 0 Å². The van der Waals surface area contributed by atoms with Crippen molar-refractivity contribution < 1.29 is 9.90 Å². The van der Waals surface area contributed by atoms with E-state index in [2.05, 4.69) is 22.5 Å². The zero-order valence-corrected chi connectivity index (χ0v) is 7.23. The van der Waals surface area contributed by atoms with E-state index in [1.165, 1.54) is 6.92 Å². The highest BCUT2D eigenvalue weighted by Gasteiger charge is 1.90. The van der Waals surface area contributed by atoms with Gasteiger partial charge in [-0.15, -0.1) is 0 Å². The Hall–Kier alpha value is -0.310. The highest BCUT2D eigenvalue weighted by molar-refractivity contribution is 9.09. The predicted molar refractivity (Wildman–Crippen MR) is 41.9 cm³/mol. The molecule has 54 valence electrons. The zero-order valence-electron chi connectivity index (χ0n) is 5.65. The SMILES string of the molecule is C=C(C)C(=O)O.CCBr. The number of aliphatic carboxylic acids is 1. The van der Waals surface area contributed by atoms with Gasteiger partial charge in [-0.1, -0.05) is 29.4 Å². The number of hydrogen-bond acceptors (Lipinski definition) is 1. The molecule has 0 unspecified atom stereocenters. The van der Waals surface area contributed by atoms with Gasteiger partial charge < -0.3 is 5.11 Å². The fourth-order valence-electron chi connectivity index (χ4n) is 0. The molecule has 0 amide bonds. The molecule has 0 bridgehead atoms. The van der Waals surface area contributed by atoms with Crippen LogP contribution in [0, 0.1) is 0 Å². The van der Waals surface area contributed by atoms with Gasteiger partial charge in [-0.3, -0.25) is 0 Å². The van der Waals surface area contributed by atoms with E-state index in [0.717, 1.165) is 5.33 Å². The summed E-state index contributed by atoms with van der Waals surface area (Å²) in [6.45, 7) is 6.64. The summed E-state index contributed by atoms with van der Waals surface area (Å²) in [6, 6.07) is 0. The van der Waals surface area contributed by atoms with E-state index in [1.54, 1.807) is 0 Å². The van der Waals surface area contributed by atoms with E-state index < -0.39 is 5.97 Å². The van der Waals surface area contributed by atoms with Crippen molar-refractivity contribution in [3.8, 4) is 0 Å². The molecule has 3 heteroatoms. The maximum absolute atomic E-state index is 9.60. The highest BCUT2D eigenvalue weighted by Crippen LogP contribution is 1.81. The Morgan fingerprint density at radius 1 is 1.78 bits per heavy atom. The molecule has 0 aliphatic heterocycles. The van der Waals surface area contributed by atoms with E-state index >= 15 is 0 Å². The van der Waals surface area contributed by atoms with Crippen LogP contribution in [0.3, 0.4) is 0 Å². The largest absolute Gasteiger partial charge is 0.478 e. The van der Waals surface area contributed by atoms with Gasteiger partial charge in [-0.2, -0.15) is 0 Å². The molecule has 0 aliphatic carbocycles. The number of carbonyl (C=O) groups is 1. The second kappa shape index (κ2) is 7.69. The molecule has 9 heavy (non-hydrogen) atoms. The van der Waals surface area contributed by atoms with Crippen molar-refractivity contribution in [2.75, 3.05) is 5.33 Å². The van der Waals surface area contributed by atoms with Crippen LogP contribution >= 0.6 is 15.9 Å². The summed E-state index contributed by atoms with van der Waals surface area (Å²) in [7, 11) is 0. The van der Waals surface area contributed by atoms with Gasteiger partial charge in [0.15, 0.2) is 0 Å². The average Bonchev–Trinajstić information content (AvgIpc) is 1.68. The van der Waals surface area contributed by atoms with Crippen LogP contribution in [0.2, 0.25) is 0 Å². The molecular formula is C6H11BrO2. The van der Waals surface area contributed by atoms with Crippen molar-refractivity contribution >= 4 is 21.9 Å². The number of hydrogen-bond donors (Lipinski definition) is 1. The van der Waals surface area contributed by atoms with Gasteiger partial charge in [0.1, 0.15) is 0 Å². The second-order valence-corrected chi connectivity index (χ2v) is 2.47. The van der Waals surface area contributed by atoms with E-state index in [4.69, 9.17) is 5.11 Å². The average molecular weight is 195 g/mol. The Kier molecular flexibility index (Phi) is 9.81. The molecule has 0 aromatic rings. The Morgan fingerprint density at radius 3 is 1.89 bits per heavy atom. The lowest BCUT2D eigenvalue weighted by Crippen LogP contribution is -1.92. The molecule has 0 aliphatic rings. The summed E-state index contributed by atoms with van der Waals surface area (Å²) < 4.78 is 0. The molecule has 0 aromatic carbocycles. The first-order valence-corrected chi connectivity index (χ1v) is 3.63. The zero-order chi connectivity index (χ0) is 7.86. The topological polar surface area (TPSA) is 37.3 Å². The van der Waals surface area contributed by atoms with Crippen molar-refractivity contribution in [3.63, 3.8) is 0 Å². The summed E-state index contributed by atoms with van der Waals surface area (Å²) >= 11 is 3.15. The third kappa shape index (κ3) is 18.3. The number of halogens is 1. The van der Waals surface area contributed by atoms with Crippen molar-refractivity contribution in [2.24, 2.45) is 0 Å². The number of rotatable bonds is 1. The molecule has 0 saturated heterocycles. The molecule has 0 spiro atoms. The fraction of sp³-hybridized carbons (Fsp3) is 0.500. The van der Waals surface area contributed by atoms with Gasteiger partial charge in [0.05, 0.1) is 0 Å². The molecule has 0 radical (unpaired) electrons. The summed E-state index contributed by atoms with van der Waals surface area (Å²) in [5.74, 6) is -0.935. The van der Waals surface area contributed by atoms with E-state index in [-0.39, 0.29) is 5.57 Å². The maximum atomic E-state index is 9.60. The van der Waals surface area contributed by atoms with Gasteiger partial charge in [-0.25, -0.2) is 4.79 Å². The number of carboxylic acids is 1. The quantitative estimate of drug-likeness (QED) is 0.513. The first kappa shape index (κ1) is 11.5. The fourth-order valence-corrected chi connectivity index (χ4v) is 0. The van der Waals surface area contributed by atoms with E-state index in [0.29, 0.717) is 0 Å². The predicted octanol–water partition coefficient (Wildman–Crippen LogP) is 2.05. The Labute approximate surface area is 63.7 Å². The molecule has 0 atom stereocenters. The lowest BCUT2D eigenvalue weighted by atomic mass is 10.4. The second-order valence-electron chi connectivity index (χ2n) is 1.35. The molecule has 0 aromatic heterocycles. The molecule has 0 heterocycles. The van der Waals surface area contributed by atoms with Crippen molar-refractivity contribution in [2.45, 2.75) is 13.8 Å². The summed E-state index contributed by atoms with van der Waals surface area (Å²) in [5, 5.41) is 8.95. The Morgan fingerprint density at radius 2 is 1.89 bits per heavy atom. The molecule has 2 nitrogen and oxygen atoms in total. The van der Waals surface area contributed by atoms with E-state index in [9.17, 15) is 4.79 Å². The number of carboxylic acid groups (broad SMARTS) is 1. The first-order chi connectivity index (χ1) is 4.06. The maximum Gasteiger partial charge on any atom is 0.330 e. The van der Waals surface area contributed by atoms with Crippen LogP contribution in [-0.4, -0.2) is 16.4 Å². The van der Waals surface area contributed by atoms with Gasteiger partial charge in [0, 0.05) is 10.9 Å². The summed E-state index contributed by atoms with van der Waals surface area (Å²) in [4.78, 5) is 9.60. The summed E-state index contributed by atoms with van der Waals surface area (Å²) in [6.07, 6.45) is 0. The van der Waals surface area contributed by atoms with Crippen molar-refractivity contribution in [1.82, 2.24) is 0 Å². The third-order valence-corrected chi connectivity index (χ3v) is 0.365. The first-order valence-electron chi connectivity index (χ1n) is 2.51. The molecule has 0 rings (SSSR count). The smallest absolute Gasteiger partial charge is 0.330 e. The Bertz CT molecular complexity index is 87.2. The van der Waals surface area contributed by atoms with Crippen LogP contribution in [0.1, 0.15) is 13.8 Å². The standard InChI is InChI=1S/C4H6O2.C2H5Br/c1-3(2)4(5)6;1-2-3/h1H2,2H3,(H,5,6);2H2,1H3. The van der Waals surface area contributed by atoms with Crippen molar-refractivity contribution in [1.29, 1.82) is 0 Å². The van der Waals surface area contributed by atoms with Gasteiger partial charge in [0.2, 0.25) is 0 Å². The Balaban J connectivity index is 0. The van der Waals surface area contributed by atoms with Crippen LogP contribution in [0.4, 0.5) is 0 Å². The van der Waals surface area contributed by atoms with Crippen LogP contribution in [-0.2, 0) is 4.79 Å². The lowest BCUT2D eigenvalue weighted by molar-refractivity contribution is -0.132. The molecular weight excluding hydrogens is 184 g/mol. The van der Waals surface area contributed by atoms with Crippen molar-refractivity contribution in [3.05, 3.63) is 12.2 Å². The minimum absolute atomic E-state index is 0.176. The normalized spacial score (nSPS) is 7.00. The molecule has 0 fully saturated rings. The third-order valence-electron chi connectivity index (χ3n) is 0.365. The van der Waals surface area contributed by atoms with Crippen LogP contribution < -0.4 is 0 Å². The molecule has 1 N–H and O–H groups in total. The minimum Gasteiger partial charge on any atom is -0.478 e. The highest BCUT2D eigenvalue weighted by atomic mass is 79.9. The van der Waals surface area contributed by atoms with Crippen LogP contribution in [0.25, 0.3) is 0 Å². The molecule has 0 saturated carbocycles. The van der Waals surface area contributed by atoms with E-state index in [1.807, 2.05) is 6.92 Å². The summed E-state index contributed by atoms with van der Waals surface area (Å²) in [5.41, 5.74) is 0.176. The van der Waals surface area contributed by atoms with Crippen LogP contribution in [0.15, 0.2) is 12.2 Å². The lowest BCUT2D eigenvalue weighted by Gasteiger charge is -1.79.